The summed E-state index contributed by atoms with van der Waals surface area (Å²) < 4.78 is 19.1. The van der Waals surface area contributed by atoms with Crippen molar-refractivity contribution < 1.29 is 18.7 Å². The van der Waals surface area contributed by atoms with E-state index in [1.54, 1.807) is 12.1 Å². The molecule has 0 fully saturated rings. The summed E-state index contributed by atoms with van der Waals surface area (Å²) in [5.41, 5.74) is 3.87. The van der Waals surface area contributed by atoms with E-state index in [4.69, 9.17) is 4.74 Å². The quantitative estimate of drug-likeness (QED) is 0.673. The molecular formula is C24H31FN2O3. The average Bonchev–Trinajstić information content (AvgIpc) is 2.70. The zero-order valence-corrected chi connectivity index (χ0v) is 18.4. The molecule has 1 N–H and O–H groups in total. The molecule has 0 bridgehead atoms. The average molecular weight is 415 g/mol. The van der Waals surface area contributed by atoms with Crippen LogP contribution < -0.4 is 10.1 Å². The van der Waals surface area contributed by atoms with E-state index in [1.807, 2.05) is 40.7 Å². The Bertz CT molecular complexity index is 881. The number of hydrogen-bond acceptors (Lipinski definition) is 3. The molecule has 0 heterocycles. The van der Waals surface area contributed by atoms with Crippen molar-refractivity contribution in [3.05, 3.63) is 64.5 Å². The minimum absolute atomic E-state index is 0.180. The van der Waals surface area contributed by atoms with E-state index in [-0.39, 0.29) is 30.8 Å². The van der Waals surface area contributed by atoms with Crippen molar-refractivity contribution in [1.29, 1.82) is 0 Å². The summed E-state index contributed by atoms with van der Waals surface area (Å²) in [6.07, 6.45) is 0.460. The molecular weight excluding hydrogens is 383 g/mol. The third kappa shape index (κ3) is 6.05. The maximum absolute atomic E-state index is 13.3. The number of benzene rings is 2. The number of carbonyl (C=O) groups excluding carboxylic acids is 2. The third-order valence-electron chi connectivity index (χ3n) is 5.12. The van der Waals surface area contributed by atoms with Crippen molar-refractivity contribution in [2.45, 2.75) is 53.6 Å². The lowest BCUT2D eigenvalue weighted by molar-refractivity contribution is -0.142. The Balaban J connectivity index is 2.24. The van der Waals surface area contributed by atoms with E-state index in [0.717, 1.165) is 22.3 Å². The van der Waals surface area contributed by atoms with Gasteiger partial charge in [0, 0.05) is 13.1 Å². The summed E-state index contributed by atoms with van der Waals surface area (Å²) in [5, 5.41) is 2.79. The molecule has 0 aliphatic rings. The van der Waals surface area contributed by atoms with E-state index in [9.17, 15) is 14.0 Å². The topological polar surface area (TPSA) is 58.6 Å². The Morgan fingerprint density at radius 3 is 2.37 bits per heavy atom. The molecule has 1 atom stereocenters. The number of carbonyl (C=O) groups is 2. The van der Waals surface area contributed by atoms with E-state index in [0.29, 0.717) is 18.7 Å². The number of nitrogens with one attached hydrogen (secondary N) is 1. The molecule has 0 aliphatic carbocycles. The number of hydrogen-bond donors (Lipinski definition) is 1. The lowest BCUT2D eigenvalue weighted by Gasteiger charge is -2.30. The molecule has 0 radical (unpaired) electrons. The van der Waals surface area contributed by atoms with Crippen molar-refractivity contribution in [3.8, 4) is 5.75 Å². The molecule has 162 valence electrons. The van der Waals surface area contributed by atoms with Crippen molar-refractivity contribution in [2.24, 2.45) is 0 Å². The molecule has 0 unspecified atom stereocenters. The Labute approximate surface area is 178 Å². The monoisotopic (exact) mass is 414 g/mol. The molecule has 0 saturated carbocycles. The highest BCUT2D eigenvalue weighted by Crippen LogP contribution is 2.23. The lowest BCUT2D eigenvalue weighted by atomic mass is 10.1. The van der Waals surface area contributed by atoms with E-state index in [2.05, 4.69) is 11.4 Å². The van der Waals surface area contributed by atoms with Gasteiger partial charge in [0.25, 0.3) is 5.91 Å². The lowest BCUT2D eigenvalue weighted by Crippen LogP contribution is -2.50. The number of aryl methyl sites for hydroxylation is 2. The van der Waals surface area contributed by atoms with Gasteiger partial charge in [-0.15, -0.1) is 0 Å². The Morgan fingerprint density at radius 2 is 1.77 bits per heavy atom. The van der Waals surface area contributed by atoms with Crippen LogP contribution in [-0.4, -0.2) is 35.9 Å². The van der Waals surface area contributed by atoms with Crippen LogP contribution in [-0.2, 0) is 16.1 Å². The zero-order chi connectivity index (χ0) is 22.3. The predicted molar refractivity (Wildman–Crippen MR) is 116 cm³/mol. The zero-order valence-electron chi connectivity index (χ0n) is 18.4. The first-order chi connectivity index (χ1) is 14.3. The second-order valence-corrected chi connectivity index (χ2v) is 7.46. The second kappa shape index (κ2) is 10.8. The first-order valence-corrected chi connectivity index (χ1v) is 10.3. The minimum atomic E-state index is -0.633. The largest absolute Gasteiger partial charge is 0.483 e. The first kappa shape index (κ1) is 23.4. The van der Waals surface area contributed by atoms with Gasteiger partial charge in [-0.05, 0) is 74.6 Å². The van der Waals surface area contributed by atoms with Crippen molar-refractivity contribution in [1.82, 2.24) is 10.2 Å². The molecule has 30 heavy (non-hydrogen) atoms. The standard InChI is InChI=1S/C24H31FN2O3/c1-6-21(24(29)26-7-2)27(14-19-8-10-20(25)11-9-19)23(28)15-30-22-13-16(3)12-17(4)18(22)5/h8-13,21H,6-7,14-15H2,1-5H3,(H,26,29)/t21-/m0/s1. The molecule has 2 amide bonds. The highest BCUT2D eigenvalue weighted by Gasteiger charge is 2.28. The highest BCUT2D eigenvalue weighted by atomic mass is 19.1. The van der Waals surface area contributed by atoms with Crippen LogP contribution in [0.1, 0.15) is 42.5 Å². The van der Waals surface area contributed by atoms with Crippen molar-refractivity contribution in [3.63, 3.8) is 0 Å². The Morgan fingerprint density at radius 1 is 1.10 bits per heavy atom. The molecule has 5 nitrogen and oxygen atoms in total. The van der Waals surface area contributed by atoms with Crippen LogP contribution in [0.15, 0.2) is 36.4 Å². The smallest absolute Gasteiger partial charge is 0.261 e. The van der Waals surface area contributed by atoms with Gasteiger partial charge in [-0.2, -0.15) is 0 Å². The molecule has 2 rings (SSSR count). The summed E-state index contributed by atoms with van der Waals surface area (Å²) in [5.74, 6) is -0.191. The van der Waals surface area contributed by atoms with Gasteiger partial charge in [0.05, 0.1) is 0 Å². The number of amides is 2. The maximum Gasteiger partial charge on any atom is 0.261 e. The molecule has 2 aromatic carbocycles. The predicted octanol–water partition coefficient (Wildman–Crippen LogP) is 4.07. The SMILES string of the molecule is CCNC(=O)[C@H](CC)N(Cc1ccc(F)cc1)C(=O)COc1cc(C)cc(C)c1C. The fourth-order valence-corrected chi connectivity index (χ4v) is 3.37. The molecule has 0 spiro atoms. The molecule has 6 heteroatoms. The van der Waals surface area contributed by atoms with Crippen LogP contribution >= 0.6 is 0 Å². The second-order valence-electron chi connectivity index (χ2n) is 7.46. The first-order valence-electron chi connectivity index (χ1n) is 10.3. The normalized spacial score (nSPS) is 11.7. The number of nitrogens with zero attached hydrogens (tertiary/aromatic N) is 1. The van der Waals surface area contributed by atoms with E-state index < -0.39 is 6.04 Å². The van der Waals surface area contributed by atoms with Gasteiger partial charge in [0.15, 0.2) is 6.61 Å². The van der Waals surface area contributed by atoms with Crippen LogP contribution in [0.4, 0.5) is 4.39 Å². The Hall–Kier alpha value is -2.89. The number of rotatable bonds is 9. The summed E-state index contributed by atoms with van der Waals surface area (Å²) in [4.78, 5) is 27.2. The highest BCUT2D eigenvalue weighted by molar-refractivity contribution is 5.88. The fourth-order valence-electron chi connectivity index (χ4n) is 3.37. The van der Waals surface area contributed by atoms with Gasteiger partial charge in [0.2, 0.25) is 5.91 Å². The summed E-state index contributed by atoms with van der Waals surface area (Å²) in [7, 11) is 0. The molecule has 2 aromatic rings. The van der Waals surface area contributed by atoms with Crippen LogP contribution in [0.2, 0.25) is 0 Å². The minimum Gasteiger partial charge on any atom is -0.483 e. The summed E-state index contributed by atoms with van der Waals surface area (Å²) >= 11 is 0. The van der Waals surface area contributed by atoms with Gasteiger partial charge < -0.3 is 15.0 Å². The van der Waals surface area contributed by atoms with Crippen molar-refractivity contribution >= 4 is 11.8 Å². The molecule has 0 saturated heterocycles. The molecule has 0 aliphatic heterocycles. The number of likely N-dealkylation sites (N-methyl/N-ethyl adjacent to an activating group) is 1. The van der Waals surface area contributed by atoms with Crippen molar-refractivity contribution in [2.75, 3.05) is 13.2 Å². The number of ether oxygens (including phenoxy) is 1. The maximum atomic E-state index is 13.3. The van der Waals surface area contributed by atoms with Gasteiger partial charge >= 0.3 is 0 Å². The van der Waals surface area contributed by atoms with Crippen LogP contribution in [0.3, 0.4) is 0 Å². The van der Waals surface area contributed by atoms with Gasteiger partial charge in [-0.25, -0.2) is 4.39 Å². The van der Waals surface area contributed by atoms with Crippen LogP contribution in [0, 0.1) is 26.6 Å². The molecule has 0 aromatic heterocycles. The van der Waals surface area contributed by atoms with Gasteiger partial charge in [-0.1, -0.05) is 25.1 Å². The van der Waals surface area contributed by atoms with Gasteiger partial charge in [-0.3, -0.25) is 9.59 Å². The van der Waals surface area contributed by atoms with E-state index in [1.165, 1.54) is 17.0 Å². The van der Waals surface area contributed by atoms with Gasteiger partial charge in [0.1, 0.15) is 17.6 Å². The third-order valence-corrected chi connectivity index (χ3v) is 5.12. The Kier molecular flexibility index (Phi) is 8.39. The fraction of sp³-hybridized carbons (Fsp3) is 0.417. The van der Waals surface area contributed by atoms with Crippen LogP contribution in [0.5, 0.6) is 5.75 Å². The summed E-state index contributed by atoms with van der Waals surface area (Å²) in [6, 6.07) is 9.27. The van der Waals surface area contributed by atoms with Crippen LogP contribution in [0.25, 0.3) is 0 Å². The summed E-state index contributed by atoms with van der Waals surface area (Å²) in [6.45, 7) is 10.1. The van der Waals surface area contributed by atoms with E-state index >= 15 is 0 Å². The number of halogens is 1.